The van der Waals surface area contributed by atoms with Crippen molar-refractivity contribution in [2.75, 3.05) is 6.54 Å². The van der Waals surface area contributed by atoms with Crippen molar-refractivity contribution in [2.45, 2.75) is 44.4 Å². The molecule has 2 nitrogen and oxygen atoms in total. The van der Waals surface area contributed by atoms with Crippen molar-refractivity contribution in [1.82, 2.24) is 4.90 Å². The quantitative estimate of drug-likeness (QED) is 0.845. The molecule has 3 fully saturated rings. The first-order valence-electron chi connectivity index (χ1n) is 6.74. The van der Waals surface area contributed by atoms with E-state index in [1.807, 2.05) is 0 Å². The molecule has 2 heterocycles. The minimum atomic E-state index is -0.103. The first kappa shape index (κ1) is 11.2. The van der Waals surface area contributed by atoms with Crippen molar-refractivity contribution in [3.63, 3.8) is 0 Å². The molecule has 92 valence electrons. The molecule has 4 rings (SSSR count). The van der Waals surface area contributed by atoms with Crippen LogP contribution in [0.25, 0.3) is 0 Å². The zero-order valence-electron chi connectivity index (χ0n) is 10.4. The van der Waals surface area contributed by atoms with Crippen LogP contribution in [0.3, 0.4) is 0 Å². The lowest BCUT2D eigenvalue weighted by Gasteiger charge is -2.50. The molecule has 0 radical (unpaired) electrons. The van der Waals surface area contributed by atoms with Crippen LogP contribution in [-0.4, -0.2) is 28.7 Å². The highest BCUT2D eigenvalue weighted by molar-refractivity contribution is 5.19. The van der Waals surface area contributed by atoms with E-state index in [2.05, 4.69) is 42.2 Å². The maximum absolute atomic E-state index is 10.1. The molecule has 2 bridgehead atoms. The maximum Gasteiger partial charge on any atom is 0.0698 e. The first-order valence-corrected chi connectivity index (χ1v) is 6.74. The van der Waals surface area contributed by atoms with Crippen LogP contribution < -0.4 is 0 Å². The Hall–Kier alpha value is -0.860. The predicted molar refractivity (Wildman–Crippen MR) is 68.7 cm³/mol. The molecule has 1 aromatic rings. The van der Waals surface area contributed by atoms with Gasteiger partial charge in [-0.1, -0.05) is 30.3 Å². The molecule has 1 saturated carbocycles. The van der Waals surface area contributed by atoms with E-state index in [9.17, 15) is 5.11 Å². The van der Waals surface area contributed by atoms with Crippen LogP contribution in [0.1, 0.15) is 37.8 Å². The van der Waals surface area contributed by atoms with Crippen LogP contribution in [0.2, 0.25) is 0 Å². The second-order valence-electron chi connectivity index (χ2n) is 5.60. The smallest absolute Gasteiger partial charge is 0.0698 e. The van der Waals surface area contributed by atoms with Crippen molar-refractivity contribution in [2.24, 2.45) is 5.92 Å². The number of aliphatic hydroxyl groups excluding tert-OH is 1. The first-order chi connectivity index (χ1) is 8.25. The third-order valence-corrected chi connectivity index (χ3v) is 4.56. The fraction of sp³-hybridized carbons (Fsp3) is 0.600. The molecular formula is C15H21NO. The lowest BCUT2D eigenvalue weighted by molar-refractivity contribution is -0.0713. The summed E-state index contributed by atoms with van der Waals surface area (Å²) in [5.41, 5.74) is 1.37. The maximum atomic E-state index is 10.1. The minimum Gasteiger partial charge on any atom is -0.391 e. The summed E-state index contributed by atoms with van der Waals surface area (Å²) in [6, 6.07) is 11.5. The fourth-order valence-corrected chi connectivity index (χ4v) is 3.57. The lowest BCUT2D eigenvalue weighted by Crippen LogP contribution is -2.56. The zero-order valence-corrected chi connectivity index (χ0v) is 10.4. The van der Waals surface area contributed by atoms with Crippen molar-refractivity contribution < 1.29 is 5.11 Å². The van der Waals surface area contributed by atoms with Gasteiger partial charge in [0.25, 0.3) is 0 Å². The van der Waals surface area contributed by atoms with E-state index in [1.165, 1.54) is 18.4 Å². The molecule has 3 aliphatic rings. The Morgan fingerprint density at radius 3 is 2.65 bits per heavy atom. The van der Waals surface area contributed by atoms with Gasteiger partial charge in [0.15, 0.2) is 0 Å². The van der Waals surface area contributed by atoms with Crippen LogP contribution in [-0.2, 0) is 0 Å². The second kappa shape index (κ2) is 4.43. The summed E-state index contributed by atoms with van der Waals surface area (Å²) < 4.78 is 0. The van der Waals surface area contributed by atoms with Gasteiger partial charge in [0.2, 0.25) is 0 Å². The minimum absolute atomic E-state index is 0.103. The molecule has 2 saturated heterocycles. The molecule has 17 heavy (non-hydrogen) atoms. The SMILES string of the molecule is C[C@H](c1ccccc1)N1CC2CCC1C(O)C2. The van der Waals surface area contributed by atoms with Gasteiger partial charge in [-0.05, 0) is 37.7 Å². The van der Waals surface area contributed by atoms with Crippen molar-refractivity contribution in [1.29, 1.82) is 0 Å². The number of nitrogens with zero attached hydrogens (tertiary/aromatic N) is 1. The molecule has 2 aliphatic heterocycles. The fourth-order valence-electron chi connectivity index (χ4n) is 3.57. The van der Waals surface area contributed by atoms with Crippen LogP contribution in [0.4, 0.5) is 0 Å². The van der Waals surface area contributed by atoms with E-state index < -0.39 is 0 Å². The number of piperidine rings is 2. The van der Waals surface area contributed by atoms with Gasteiger partial charge in [-0.2, -0.15) is 0 Å². The van der Waals surface area contributed by atoms with Gasteiger partial charge in [-0.25, -0.2) is 0 Å². The van der Waals surface area contributed by atoms with Gasteiger partial charge in [0.1, 0.15) is 0 Å². The van der Waals surface area contributed by atoms with Crippen molar-refractivity contribution in [3.8, 4) is 0 Å². The van der Waals surface area contributed by atoms with E-state index in [0.29, 0.717) is 18.0 Å². The molecule has 2 heteroatoms. The normalized spacial score (nSPS) is 34.8. The van der Waals surface area contributed by atoms with Gasteiger partial charge in [0.05, 0.1) is 6.10 Å². The van der Waals surface area contributed by atoms with E-state index in [4.69, 9.17) is 0 Å². The average Bonchev–Trinajstić information content (AvgIpc) is 2.39. The number of benzene rings is 1. The Labute approximate surface area is 103 Å². The highest BCUT2D eigenvalue weighted by Crippen LogP contribution is 2.39. The monoisotopic (exact) mass is 231 g/mol. The summed E-state index contributed by atoms with van der Waals surface area (Å²) in [6.45, 7) is 3.43. The van der Waals surface area contributed by atoms with E-state index >= 15 is 0 Å². The number of rotatable bonds is 2. The molecule has 1 aliphatic carbocycles. The molecule has 0 aromatic heterocycles. The Balaban J connectivity index is 1.81. The Morgan fingerprint density at radius 1 is 1.24 bits per heavy atom. The summed E-state index contributed by atoms with van der Waals surface area (Å²) in [5, 5.41) is 10.1. The molecule has 1 aromatic carbocycles. The largest absolute Gasteiger partial charge is 0.391 e. The van der Waals surface area contributed by atoms with Gasteiger partial charge < -0.3 is 5.11 Å². The van der Waals surface area contributed by atoms with Gasteiger partial charge in [-0.15, -0.1) is 0 Å². The Kier molecular flexibility index (Phi) is 2.93. The second-order valence-corrected chi connectivity index (χ2v) is 5.60. The lowest BCUT2D eigenvalue weighted by atomic mass is 9.77. The molecule has 0 amide bonds. The summed E-state index contributed by atoms with van der Waals surface area (Å²) in [5.74, 6) is 0.709. The highest BCUT2D eigenvalue weighted by Gasteiger charge is 2.41. The number of hydrogen-bond donors (Lipinski definition) is 1. The molecule has 1 N–H and O–H groups in total. The highest BCUT2D eigenvalue weighted by atomic mass is 16.3. The van der Waals surface area contributed by atoms with Crippen LogP contribution in [0.15, 0.2) is 30.3 Å². The van der Waals surface area contributed by atoms with E-state index in [-0.39, 0.29) is 6.10 Å². The molecule has 0 spiro atoms. The summed E-state index contributed by atoms with van der Waals surface area (Å²) in [4.78, 5) is 2.51. The van der Waals surface area contributed by atoms with E-state index in [1.54, 1.807) is 0 Å². The van der Waals surface area contributed by atoms with Crippen LogP contribution in [0.5, 0.6) is 0 Å². The average molecular weight is 231 g/mol. The summed E-state index contributed by atoms with van der Waals surface area (Å²) in [7, 11) is 0. The number of fused-ring (bicyclic) bond motifs is 3. The Morgan fingerprint density at radius 2 is 2.00 bits per heavy atom. The van der Waals surface area contributed by atoms with Gasteiger partial charge >= 0.3 is 0 Å². The van der Waals surface area contributed by atoms with Gasteiger partial charge in [0, 0.05) is 18.6 Å². The zero-order chi connectivity index (χ0) is 11.8. The standard InChI is InChI=1S/C15H21NO/c1-11(13-5-3-2-4-6-13)16-10-12-7-8-14(16)15(17)9-12/h2-6,11-12,14-15,17H,7-10H2,1H3/t11-,12?,14?,15?/m1/s1. The van der Waals surface area contributed by atoms with Crippen LogP contribution >= 0.6 is 0 Å². The topological polar surface area (TPSA) is 23.5 Å². The molecular weight excluding hydrogens is 210 g/mol. The summed E-state index contributed by atoms with van der Waals surface area (Å²) >= 11 is 0. The van der Waals surface area contributed by atoms with Crippen molar-refractivity contribution >= 4 is 0 Å². The van der Waals surface area contributed by atoms with Crippen molar-refractivity contribution in [3.05, 3.63) is 35.9 Å². The third-order valence-electron chi connectivity index (χ3n) is 4.56. The number of aliphatic hydroxyl groups is 1. The number of hydrogen-bond acceptors (Lipinski definition) is 2. The predicted octanol–water partition coefficient (Wildman–Crippen LogP) is 2.59. The molecule has 4 atom stereocenters. The summed E-state index contributed by atoms with van der Waals surface area (Å²) in [6.07, 6.45) is 3.39. The third kappa shape index (κ3) is 2.00. The van der Waals surface area contributed by atoms with E-state index in [0.717, 1.165) is 13.0 Å². The van der Waals surface area contributed by atoms with Gasteiger partial charge in [-0.3, -0.25) is 4.90 Å². The molecule has 3 unspecified atom stereocenters. The Bertz CT molecular complexity index is 378. The van der Waals surface area contributed by atoms with Crippen LogP contribution in [0, 0.1) is 5.92 Å².